The first-order valence-corrected chi connectivity index (χ1v) is 6.24. The van der Waals surface area contributed by atoms with Crippen LogP contribution in [0, 0.1) is 18.3 Å². The lowest BCUT2D eigenvalue weighted by atomic mass is 10.1. The van der Waals surface area contributed by atoms with Crippen molar-refractivity contribution in [2.75, 3.05) is 7.11 Å². The molecule has 0 aliphatic rings. The Balaban J connectivity index is 3.57. The van der Waals surface area contributed by atoms with Gasteiger partial charge in [-0.15, -0.1) is 0 Å². The van der Waals surface area contributed by atoms with E-state index in [2.05, 4.69) is 0 Å². The minimum atomic E-state index is -3.86. The molecule has 0 atom stereocenters. The zero-order valence-electron chi connectivity index (χ0n) is 8.11. The second-order valence-electron chi connectivity index (χ2n) is 2.87. The Morgan fingerprint density at radius 1 is 1.47 bits per heavy atom. The molecule has 0 N–H and O–H groups in total. The third kappa shape index (κ3) is 2.41. The Morgan fingerprint density at radius 3 is 2.47 bits per heavy atom. The normalized spacial score (nSPS) is 10.8. The van der Waals surface area contributed by atoms with Crippen LogP contribution in [0.3, 0.4) is 0 Å². The van der Waals surface area contributed by atoms with Gasteiger partial charge in [-0.3, -0.25) is 0 Å². The molecule has 0 bridgehead atoms. The predicted molar refractivity (Wildman–Crippen MR) is 55.5 cm³/mol. The minimum absolute atomic E-state index is 0.0761. The van der Waals surface area contributed by atoms with Crippen molar-refractivity contribution in [3.05, 3.63) is 23.3 Å². The molecule has 0 aliphatic heterocycles. The summed E-state index contributed by atoms with van der Waals surface area (Å²) < 4.78 is 27.2. The van der Waals surface area contributed by atoms with Crippen LogP contribution in [0.2, 0.25) is 0 Å². The van der Waals surface area contributed by atoms with E-state index >= 15 is 0 Å². The highest BCUT2D eigenvalue weighted by atomic mass is 35.7. The maximum Gasteiger partial charge on any atom is 0.264 e. The van der Waals surface area contributed by atoms with E-state index in [1.165, 1.54) is 19.2 Å². The summed E-state index contributed by atoms with van der Waals surface area (Å²) in [6, 6.07) is 4.60. The first-order valence-electron chi connectivity index (χ1n) is 3.93. The number of nitrogens with zero attached hydrogens (tertiary/aromatic N) is 1. The highest BCUT2D eigenvalue weighted by Gasteiger charge is 2.18. The van der Waals surface area contributed by atoms with Crippen molar-refractivity contribution in [2.24, 2.45) is 0 Å². The van der Waals surface area contributed by atoms with Crippen molar-refractivity contribution in [3.8, 4) is 11.8 Å². The summed E-state index contributed by atoms with van der Waals surface area (Å²) in [7, 11) is 2.68. The van der Waals surface area contributed by atoms with E-state index in [9.17, 15) is 8.42 Å². The van der Waals surface area contributed by atoms with E-state index in [0.717, 1.165) is 0 Å². The van der Waals surface area contributed by atoms with Crippen molar-refractivity contribution >= 4 is 19.7 Å². The van der Waals surface area contributed by atoms with Crippen LogP contribution in [0.25, 0.3) is 0 Å². The fraction of sp³-hybridized carbons (Fsp3) is 0.222. The molecule has 0 unspecified atom stereocenters. The van der Waals surface area contributed by atoms with E-state index < -0.39 is 9.05 Å². The average molecular weight is 246 g/mol. The first kappa shape index (κ1) is 11.8. The number of nitriles is 1. The van der Waals surface area contributed by atoms with Crippen LogP contribution < -0.4 is 4.74 Å². The Kier molecular flexibility index (Phi) is 3.22. The van der Waals surface area contributed by atoms with E-state index in [0.29, 0.717) is 11.1 Å². The number of rotatable bonds is 2. The molecule has 80 valence electrons. The number of halogens is 1. The van der Waals surface area contributed by atoms with Gasteiger partial charge in [0.1, 0.15) is 10.6 Å². The lowest BCUT2D eigenvalue weighted by Crippen LogP contribution is -1.98. The zero-order valence-corrected chi connectivity index (χ0v) is 9.69. The molecular weight excluding hydrogens is 238 g/mol. The van der Waals surface area contributed by atoms with E-state index in [-0.39, 0.29) is 10.6 Å². The lowest BCUT2D eigenvalue weighted by Gasteiger charge is -2.07. The van der Waals surface area contributed by atoms with Crippen LogP contribution in [0.15, 0.2) is 17.0 Å². The van der Waals surface area contributed by atoms with Gasteiger partial charge in [-0.2, -0.15) is 5.26 Å². The van der Waals surface area contributed by atoms with Crippen LogP contribution in [0.4, 0.5) is 0 Å². The molecule has 0 saturated heterocycles. The monoisotopic (exact) mass is 245 g/mol. The molecule has 15 heavy (non-hydrogen) atoms. The maximum absolute atomic E-state index is 11.2. The quantitative estimate of drug-likeness (QED) is 0.745. The lowest BCUT2D eigenvalue weighted by molar-refractivity contribution is 0.403. The minimum Gasteiger partial charge on any atom is -0.495 e. The summed E-state index contributed by atoms with van der Waals surface area (Å²) in [6.45, 7) is 1.63. The van der Waals surface area contributed by atoms with Gasteiger partial charge in [0.05, 0.1) is 18.7 Å². The molecule has 0 fully saturated rings. The summed E-state index contributed by atoms with van der Waals surface area (Å²) in [5, 5.41) is 8.74. The molecule has 4 nitrogen and oxygen atoms in total. The van der Waals surface area contributed by atoms with Crippen LogP contribution in [-0.4, -0.2) is 15.5 Å². The molecule has 0 radical (unpaired) electrons. The van der Waals surface area contributed by atoms with Crippen molar-refractivity contribution < 1.29 is 13.2 Å². The van der Waals surface area contributed by atoms with Gasteiger partial charge in [0.15, 0.2) is 0 Å². The molecule has 6 heteroatoms. The van der Waals surface area contributed by atoms with Gasteiger partial charge in [0, 0.05) is 10.7 Å². The van der Waals surface area contributed by atoms with Crippen LogP contribution in [-0.2, 0) is 9.05 Å². The van der Waals surface area contributed by atoms with Gasteiger partial charge in [-0.1, -0.05) is 0 Å². The van der Waals surface area contributed by atoms with Crippen molar-refractivity contribution in [1.82, 2.24) is 0 Å². The summed E-state index contributed by atoms with van der Waals surface area (Å²) >= 11 is 0. The number of methoxy groups -OCH3 is 1. The molecule has 1 rings (SSSR count). The standard InChI is InChI=1S/C9H8ClNO3S/c1-6-3-9(15(10,12)13)8(14-2)4-7(6)5-11/h3-4H,1-2H3. The summed E-state index contributed by atoms with van der Waals surface area (Å²) in [5.41, 5.74) is 0.897. The number of hydrogen-bond donors (Lipinski definition) is 0. The van der Waals surface area contributed by atoms with E-state index in [1.807, 2.05) is 6.07 Å². The number of ether oxygens (including phenoxy) is 1. The third-order valence-corrected chi connectivity index (χ3v) is 3.24. The highest BCUT2D eigenvalue weighted by molar-refractivity contribution is 8.13. The third-order valence-electron chi connectivity index (χ3n) is 1.89. The Hall–Kier alpha value is -1.25. The maximum atomic E-state index is 11.2. The topological polar surface area (TPSA) is 67.2 Å². The fourth-order valence-corrected chi connectivity index (χ4v) is 2.19. The van der Waals surface area contributed by atoms with Crippen molar-refractivity contribution in [2.45, 2.75) is 11.8 Å². The van der Waals surface area contributed by atoms with Crippen LogP contribution in [0.5, 0.6) is 5.75 Å². The molecule has 1 aromatic rings. The van der Waals surface area contributed by atoms with E-state index in [4.69, 9.17) is 20.7 Å². The molecule has 0 amide bonds. The first-order chi connectivity index (χ1) is 6.90. The van der Waals surface area contributed by atoms with Gasteiger partial charge >= 0.3 is 0 Å². The summed E-state index contributed by atoms with van der Waals surface area (Å²) in [5.74, 6) is 0.0761. The van der Waals surface area contributed by atoms with E-state index in [1.54, 1.807) is 6.92 Å². The molecular formula is C9H8ClNO3S. The fourth-order valence-electron chi connectivity index (χ4n) is 1.13. The zero-order chi connectivity index (χ0) is 11.6. The molecule has 0 spiro atoms. The van der Waals surface area contributed by atoms with Gasteiger partial charge in [0.2, 0.25) is 0 Å². The summed E-state index contributed by atoms with van der Waals surface area (Å²) in [6.07, 6.45) is 0. The van der Waals surface area contributed by atoms with Crippen molar-refractivity contribution in [1.29, 1.82) is 5.26 Å². The predicted octanol–water partition coefficient (Wildman–Crippen LogP) is 1.80. The number of hydrogen-bond acceptors (Lipinski definition) is 4. The van der Waals surface area contributed by atoms with Gasteiger partial charge in [-0.05, 0) is 24.6 Å². The Bertz CT molecular complexity index is 531. The second kappa shape index (κ2) is 4.09. The Labute approximate surface area is 92.5 Å². The SMILES string of the molecule is COc1cc(C#N)c(C)cc1S(=O)(=O)Cl. The molecule has 0 aromatic heterocycles. The second-order valence-corrected chi connectivity index (χ2v) is 5.40. The highest BCUT2D eigenvalue weighted by Crippen LogP contribution is 2.29. The van der Waals surface area contributed by atoms with Crippen LogP contribution >= 0.6 is 10.7 Å². The largest absolute Gasteiger partial charge is 0.495 e. The van der Waals surface area contributed by atoms with Crippen molar-refractivity contribution in [3.63, 3.8) is 0 Å². The number of aryl methyl sites for hydroxylation is 1. The number of benzene rings is 1. The van der Waals surface area contributed by atoms with Gasteiger partial charge in [0.25, 0.3) is 9.05 Å². The molecule has 1 aromatic carbocycles. The van der Waals surface area contributed by atoms with Crippen LogP contribution in [0.1, 0.15) is 11.1 Å². The summed E-state index contributed by atoms with van der Waals surface area (Å²) in [4.78, 5) is -0.122. The van der Waals surface area contributed by atoms with Gasteiger partial charge < -0.3 is 4.74 Å². The Morgan fingerprint density at radius 2 is 2.07 bits per heavy atom. The molecule has 0 aliphatic carbocycles. The molecule has 0 saturated carbocycles. The average Bonchev–Trinajstić information content (AvgIpc) is 2.16. The smallest absolute Gasteiger partial charge is 0.264 e. The molecule has 0 heterocycles. The van der Waals surface area contributed by atoms with Gasteiger partial charge in [-0.25, -0.2) is 8.42 Å².